The zero-order valence-electron chi connectivity index (χ0n) is 40.1. The van der Waals surface area contributed by atoms with Gasteiger partial charge in [0.1, 0.15) is 33.3 Å². The Morgan fingerprint density at radius 2 is 0.849 bits per heavy atom. The van der Waals surface area contributed by atoms with E-state index in [2.05, 4.69) is 223 Å². The van der Waals surface area contributed by atoms with Crippen molar-refractivity contribution in [2.75, 3.05) is 0 Å². The summed E-state index contributed by atoms with van der Waals surface area (Å²) in [6, 6.07) is 83.4. The van der Waals surface area contributed by atoms with E-state index in [-0.39, 0.29) is 5.92 Å². The second-order valence-corrected chi connectivity index (χ2v) is 20.3. The number of hydrogen-bond acceptors (Lipinski definition) is 6. The highest BCUT2D eigenvalue weighted by atomic mass is 32.1. The van der Waals surface area contributed by atoms with Crippen LogP contribution in [0.3, 0.4) is 0 Å². The van der Waals surface area contributed by atoms with Crippen LogP contribution in [0, 0.1) is 29.6 Å². The molecule has 1 atom stereocenters. The minimum atomic E-state index is -0.453. The number of fused-ring (bicyclic) bond motifs is 3. The number of para-hydroxylation sites is 2. The molecule has 6 nitrogen and oxygen atoms in total. The Labute approximate surface area is 432 Å². The fraction of sp³-hybridized carbons (Fsp3) is 0.0476. The molecule has 0 aliphatic rings. The van der Waals surface area contributed by atoms with Crippen molar-refractivity contribution >= 4 is 101 Å². The van der Waals surface area contributed by atoms with Crippen molar-refractivity contribution in [1.82, 2.24) is 18.9 Å². The highest BCUT2D eigenvalue weighted by molar-refractivity contribution is 7.20. The summed E-state index contributed by atoms with van der Waals surface area (Å²) in [6.45, 7) is 3.53. The quantitative estimate of drug-likeness (QED) is 0.121. The summed E-state index contributed by atoms with van der Waals surface area (Å²) in [7, 11) is 0. The van der Waals surface area contributed by atoms with Crippen LogP contribution in [0.1, 0.15) is 39.7 Å². The molecule has 10 heteroatoms. The van der Waals surface area contributed by atoms with Crippen molar-refractivity contribution in [3.05, 3.63) is 262 Å². The maximum absolute atomic E-state index is 12.2. The highest BCUT2D eigenvalue weighted by Crippen LogP contribution is 2.39. The Balaban J connectivity index is 1.45. The average Bonchev–Trinajstić information content (AvgIpc) is 4.23. The standard InChI is InChI=1S/C63H44B2N6S2/c1-42-24-18-19-35-49(42)59-57-56(60(50(40-66)62-68-52-36-20-22-38-54(52)72-62)71(59)65(47-31-14-6-15-32-47)48-33-16-7-17-34-48)58(43(2)44-25-8-3-9-26-44)70(64(45-27-10-4-11-28-45)46-29-12-5-13-30-46)61(57)51(41-67)63-69-53-37-21-23-39-55(53)73-63/h3-39,43H,1-2H3/b60-50-,61-51-. The topological polar surface area (TPSA) is 83.2 Å². The van der Waals surface area contributed by atoms with Gasteiger partial charge in [-0.3, -0.25) is 0 Å². The molecule has 0 radical (unpaired) electrons. The smallest absolute Gasteiger partial charge is 0.328 e. The third-order valence-corrected chi connectivity index (χ3v) is 16.1. The number of benzene rings is 8. The molecule has 344 valence electrons. The first-order valence-corrected chi connectivity index (χ1v) is 26.0. The highest BCUT2D eigenvalue weighted by Gasteiger charge is 2.38. The van der Waals surface area contributed by atoms with Crippen molar-refractivity contribution in [2.24, 2.45) is 0 Å². The largest absolute Gasteiger partial charge is 0.378 e. The zero-order valence-corrected chi connectivity index (χ0v) is 41.7. The lowest BCUT2D eigenvalue weighted by Crippen LogP contribution is -2.55. The minimum Gasteiger partial charge on any atom is -0.378 e. The van der Waals surface area contributed by atoms with E-state index in [1.807, 2.05) is 36.4 Å². The number of nitriles is 2. The molecule has 0 aliphatic heterocycles. The third kappa shape index (κ3) is 7.99. The molecule has 0 bridgehead atoms. The van der Waals surface area contributed by atoms with Gasteiger partial charge in [-0.25, -0.2) is 9.97 Å². The van der Waals surface area contributed by atoms with E-state index in [1.165, 1.54) is 22.7 Å². The van der Waals surface area contributed by atoms with Crippen LogP contribution in [-0.2, 0) is 0 Å². The molecule has 73 heavy (non-hydrogen) atoms. The van der Waals surface area contributed by atoms with Crippen LogP contribution in [0.2, 0.25) is 0 Å². The van der Waals surface area contributed by atoms with Crippen molar-refractivity contribution in [3.63, 3.8) is 0 Å². The average molecular weight is 971 g/mol. The van der Waals surface area contributed by atoms with Crippen LogP contribution >= 0.6 is 22.7 Å². The SMILES string of the molecule is Cc1ccccc1-c1c2/c(=C(\C#N)c3nc4ccccc4s3)n(B(c3ccccc3)c3ccccc3)c(C(C)c3ccccc3)c2/c(=C(\C#N)c2nc3ccccc3s2)n1B(c1ccccc1)c1ccccc1. The third-order valence-electron chi connectivity index (χ3n) is 14.0. The van der Waals surface area contributed by atoms with E-state index < -0.39 is 13.7 Å². The van der Waals surface area contributed by atoms with Crippen LogP contribution in [0.4, 0.5) is 0 Å². The Hall–Kier alpha value is -8.79. The van der Waals surface area contributed by atoms with Gasteiger partial charge in [0, 0.05) is 33.6 Å². The second-order valence-electron chi connectivity index (χ2n) is 18.3. The van der Waals surface area contributed by atoms with Gasteiger partial charge in [0.15, 0.2) is 0 Å². The van der Waals surface area contributed by atoms with Crippen LogP contribution in [0.25, 0.3) is 53.6 Å². The number of thiazole rings is 2. The van der Waals surface area contributed by atoms with Gasteiger partial charge >= 0.3 is 13.7 Å². The summed E-state index contributed by atoms with van der Waals surface area (Å²) in [5.74, 6) is -0.288. The molecule has 12 aromatic rings. The van der Waals surface area contributed by atoms with Gasteiger partial charge in [-0.2, -0.15) is 10.5 Å². The molecule has 0 spiro atoms. The summed E-state index contributed by atoms with van der Waals surface area (Å²) >= 11 is 3.06. The predicted octanol–water partition coefficient (Wildman–Crippen LogP) is 10.5. The molecule has 0 fully saturated rings. The Morgan fingerprint density at radius 1 is 0.466 bits per heavy atom. The Morgan fingerprint density at radius 3 is 1.29 bits per heavy atom. The van der Waals surface area contributed by atoms with Crippen LogP contribution in [-0.4, -0.2) is 32.6 Å². The zero-order chi connectivity index (χ0) is 49.4. The number of nitrogens with zero attached hydrogens (tertiary/aromatic N) is 6. The van der Waals surface area contributed by atoms with E-state index in [4.69, 9.17) is 9.97 Å². The van der Waals surface area contributed by atoms with Gasteiger partial charge < -0.3 is 8.96 Å². The lowest BCUT2D eigenvalue weighted by atomic mass is 9.49. The van der Waals surface area contributed by atoms with E-state index in [0.29, 0.717) is 21.2 Å². The summed E-state index contributed by atoms with van der Waals surface area (Å²) in [5, 5.41) is 28.8. The van der Waals surface area contributed by atoms with Crippen LogP contribution in [0.15, 0.2) is 224 Å². The van der Waals surface area contributed by atoms with E-state index in [0.717, 1.165) is 91.8 Å². The molecule has 0 aliphatic carbocycles. The second kappa shape index (κ2) is 19.4. The Kier molecular flexibility index (Phi) is 12.1. The number of aromatic nitrogens is 4. The summed E-state index contributed by atoms with van der Waals surface area (Å²) in [6.07, 6.45) is 0. The number of hydrogen-bond donors (Lipinski definition) is 0. The van der Waals surface area contributed by atoms with Crippen molar-refractivity contribution in [1.29, 1.82) is 10.5 Å². The molecule has 0 N–H and O–H groups in total. The molecule has 4 aromatic heterocycles. The fourth-order valence-electron chi connectivity index (χ4n) is 10.8. The summed E-state index contributed by atoms with van der Waals surface area (Å²) < 4.78 is 6.84. The van der Waals surface area contributed by atoms with Gasteiger partial charge in [-0.05, 0) is 42.3 Å². The first-order valence-electron chi connectivity index (χ1n) is 24.4. The molecule has 0 saturated carbocycles. The molecular formula is C63H44B2N6S2. The Bertz CT molecular complexity index is 3970. The first-order chi connectivity index (χ1) is 36.0. The molecular weight excluding hydrogens is 926 g/mol. The number of aryl methyl sites for hydroxylation is 1. The molecule has 0 saturated heterocycles. The molecule has 8 aromatic carbocycles. The molecule has 12 rings (SSSR count). The van der Waals surface area contributed by atoms with Crippen LogP contribution in [0.5, 0.6) is 0 Å². The normalized spacial score (nSPS) is 12.6. The first kappa shape index (κ1) is 45.4. The van der Waals surface area contributed by atoms with Crippen LogP contribution < -0.4 is 32.5 Å². The van der Waals surface area contributed by atoms with Gasteiger partial charge in [0.2, 0.25) is 0 Å². The number of rotatable bonds is 11. The van der Waals surface area contributed by atoms with E-state index in [1.54, 1.807) is 0 Å². The lowest BCUT2D eigenvalue weighted by Gasteiger charge is -2.26. The van der Waals surface area contributed by atoms with Gasteiger partial charge in [-0.15, -0.1) is 22.7 Å². The molecule has 4 heterocycles. The lowest BCUT2D eigenvalue weighted by molar-refractivity contribution is 0.853. The minimum absolute atomic E-state index is 0.288. The monoisotopic (exact) mass is 970 g/mol. The van der Waals surface area contributed by atoms with Gasteiger partial charge in [0.25, 0.3) is 0 Å². The van der Waals surface area contributed by atoms with E-state index >= 15 is 0 Å². The molecule has 0 amide bonds. The summed E-state index contributed by atoms with van der Waals surface area (Å²) in [4.78, 5) is 10.6. The molecule has 1 unspecified atom stereocenters. The maximum Gasteiger partial charge on any atom is 0.328 e. The van der Waals surface area contributed by atoms with Crippen molar-refractivity contribution in [3.8, 4) is 23.4 Å². The summed E-state index contributed by atoms with van der Waals surface area (Å²) in [5.41, 5.74) is 11.7. The fourth-order valence-corrected chi connectivity index (χ4v) is 12.7. The van der Waals surface area contributed by atoms with Crippen molar-refractivity contribution in [2.45, 2.75) is 19.8 Å². The van der Waals surface area contributed by atoms with Gasteiger partial charge in [0.05, 0.1) is 31.1 Å². The van der Waals surface area contributed by atoms with E-state index in [9.17, 15) is 10.5 Å². The maximum atomic E-state index is 12.2. The predicted molar refractivity (Wildman–Crippen MR) is 305 cm³/mol. The van der Waals surface area contributed by atoms with Gasteiger partial charge in [-0.1, -0.05) is 229 Å². The van der Waals surface area contributed by atoms with Crippen molar-refractivity contribution < 1.29 is 0 Å².